The predicted molar refractivity (Wildman–Crippen MR) is 125 cm³/mol. The predicted octanol–water partition coefficient (Wildman–Crippen LogP) is 4.04. The van der Waals surface area contributed by atoms with E-state index < -0.39 is 0 Å². The molecule has 0 unspecified atom stereocenters. The fourth-order valence-corrected chi connectivity index (χ4v) is 3.72. The number of halogens is 2. The number of likely N-dealkylation sites (N-methyl/N-ethyl adjacent to an activating group) is 1. The number of fused-ring (bicyclic) bond motifs is 2. The number of pyridine rings is 1. The normalized spacial score (nSPS) is 11.0. The molecule has 0 bridgehead atoms. The summed E-state index contributed by atoms with van der Waals surface area (Å²) >= 11 is 0. The molecule has 4 aromatic rings. The van der Waals surface area contributed by atoms with Gasteiger partial charge in [0, 0.05) is 18.8 Å². The van der Waals surface area contributed by atoms with Gasteiger partial charge in [-0.2, -0.15) is 0 Å². The van der Waals surface area contributed by atoms with E-state index in [1.807, 2.05) is 28.7 Å². The Hall–Kier alpha value is -2.28. The number of nitrogens with one attached hydrogen (secondary N) is 1. The summed E-state index contributed by atoms with van der Waals surface area (Å²) in [5, 5.41) is 4.78. The minimum atomic E-state index is 0. The Morgan fingerprint density at radius 1 is 1.14 bits per heavy atom. The van der Waals surface area contributed by atoms with Crippen LogP contribution in [0.4, 0.5) is 5.69 Å². The zero-order valence-electron chi connectivity index (χ0n) is 16.8. The second kappa shape index (κ2) is 9.48. The van der Waals surface area contributed by atoms with Crippen LogP contribution in [0.1, 0.15) is 13.8 Å². The number of nitrogens with zero attached hydrogens (tertiary/aromatic N) is 3. The summed E-state index contributed by atoms with van der Waals surface area (Å²) in [6.45, 7) is 8.07. The third kappa shape index (κ3) is 3.92. The van der Waals surface area contributed by atoms with E-state index in [4.69, 9.17) is 4.74 Å². The molecule has 0 fully saturated rings. The summed E-state index contributed by atoms with van der Waals surface area (Å²) in [4.78, 5) is 20.2. The number of aromatic nitrogens is 2. The molecular formula is C21H26Cl2N4O2. The van der Waals surface area contributed by atoms with E-state index in [1.54, 1.807) is 19.5 Å². The molecule has 6 nitrogen and oxygen atoms in total. The summed E-state index contributed by atoms with van der Waals surface area (Å²) in [6.07, 6.45) is 1.78. The van der Waals surface area contributed by atoms with Crippen molar-refractivity contribution in [2.45, 2.75) is 13.8 Å². The molecule has 0 aliphatic heterocycles. The Morgan fingerprint density at radius 3 is 2.59 bits per heavy atom. The number of methoxy groups -OCH3 is 1. The van der Waals surface area contributed by atoms with Gasteiger partial charge < -0.3 is 15.0 Å². The fourth-order valence-electron chi connectivity index (χ4n) is 3.72. The Morgan fingerprint density at radius 2 is 1.90 bits per heavy atom. The molecule has 29 heavy (non-hydrogen) atoms. The number of anilines is 1. The van der Waals surface area contributed by atoms with Crippen LogP contribution in [0.15, 0.2) is 41.5 Å². The van der Waals surface area contributed by atoms with Crippen molar-refractivity contribution in [3.05, 3.63) is 46.9 Å². The van der Waals surface area contributed by atoms with Gasteiger partial charge in [0.15, 0.2) is 5.43 Å². The smallest absolute Gasteiger partial charge is 0.199 e. The molecule has 0 radical (unpaired) electrons. The van der Waals surface area contributed by atoms with Crippen LogP contribution in [0.5, 0.6) is 5.75 Å². The summed E-state index contributed by atoms with van der Waals surface area (Å²) in [5.41, 5.74) is 3.40. The zero-order valence-corrected chi connectivity index (χ0v) is 18.4. The van der Waals surface area contributed by atoms with Crippen molar-refractivity contribution in [3.63, 3.8) is 0 Å². The first-order chi connectivity index (χ1) is 13.2. The van der Waals surface area contributed by atoms with Crippen molar-refractivity contribution in [1.29, 1.82) is 0 Å². The third-order valence-electron chi connectivity index (χ3n) is 5.28. The lowest BCUT2D eigenvalue weighted by atomic mass is 10.1. The molecule has 156 valence electrons. The topological polar surface area (TPSA) is 58.9 Å². The third-order valence-corrected chi connectivity index (χ3v) is 5.28. The summed E-state index contributed by atoms with van der Waals surface area (Å²) in [5.74, 6) is 0.675. The molecule has 0 saturated carbocycles. The van der Waals surface area contributed by atoms with E-state index in [9.17, 15) is 4.79 Å². The Kier molecular flexibility index (Phi) is 7.52. The highest BCUT2D eigenvalue weighted by molar-refractivity contribution is 6.07. The summed E-state index contributed by atoms with van der Waals surface area (Å²) in [6, 6.07) is 9.52. The van der Waals surface area contributed by atoms with Crippen molar-refractivity contribution in [1.82, 2.24) is 14.3 Å². The van der Waals surface area contributed by atoms with E-state index in [2.05, 4.69) is 29.0 Å². The largest absolute Gasteiger partial charge is 0.497 e. The Labute approximate surface area is 182 Å². The molecule has 0 spiro atoms. The molecule has 2 aromatic carbocycles. The lowest BCUT2D eigenvalue weighted by molar-refractivity contribution is 0.316. The van der Waals surface area contributed by atoms with Crippen molar-refractivity contribution >= 4 is 57.8 Å². The summed E-state index contributed by atoms with van der Waals surface area (Å²) < 4.78 is 7.32. The van der Waals surface area contributed by atoms with E-state index >= 15 is 0 Å². The van der Waals surface area contributed by atoms with E-state index in [1.165, 1.54) is 0 Å². The van der Waals surface area contributed by atoms with Crippen molar-refractivity contribution in [3.8, 4) is 5.75 Å². The number of hydrogen-bond acceptors (Lipinski definition) is 5. The average Bonchev–Trinajstić information content (AvgIpc) is 3.14. The first kappa shape index (κ1) is 23.0. The maximum Gasteiger partial charge on any atom is 0.199 e. The summed E-state index contributed by atoms with van der Waals surface area (Å²) in [7, 11) is 1.61. The molecule has 0 atom stereocenters. The maximum absolute atomic E-state index is 13.3. The van der Waals surface area contributed by atoms with Gasteiger partial charge in [0.05, 0.1) is 34.4 Å². The minimum Gasteiger partial charge on any atom is -0.497 e. The molecular weight excluding hydrogens is 411 g/mol. The maximum atomic E-state index is 13.3. The first-order valence-corrected chi connectivity index (χ1v) is 9.37. The van der Waals surface area contributed by atoms with Crippen LogP contribution in [0.25, 0.3) is 27.3 Å². The van der Waals surface area contributed by atoms with E-state index in [-0.39, 0.29) is 30.2 Å². The first-order valence-electron chi connectivity index (χ1n) is 9.37. The molecule has 2 aromatic heterocycles. The second-order valence-corrected chi connectivity index (χ2v) is 6.64. The van der Waals surface area contributed by atoms with Crippen molar-refractivity contribution < 1.29 is 4.74 Å². The molecule has 0 aliphatic rings. The minimum absolute atomic E-state index is 0. The fraction of sp³-hybridized carbons (Fsp3) is 0.333. The van der Waals surface area contributed by atoms with Gasteiger partial charge in [-0.1, -0.05) is 13.8 Å². The van der Waals surface area contributed by atoms with Crippen molar-refractivity contribution in [2.75, 3.05) is 38.6 Å². The number of benzene rings is 2. The van der Waals surface area contributed by atoms with E-state index in [0.717, 1.165) is 48.4 Å². The molecule has 2 heterocycles. The Bertz CT molecular complexity index is 1160. The van der Waals surface area contributed by atoms with Gasteiger partial charge in [0.1, 0.15) is 12.1 Å². The highest BCUT2D eigenvalue weighted by Crippen LogP contribution is 2.29. The number of imidazole rings is 1. The van der Waals surface area contributed by atoms with Gasteiger partial charge in [0.2, 0.25) is 0 Å². The van der Waals surface area contributed by atoms with Gasteiger partial charge in [-0.05, 0) is 43.4 Å². The highest BCUT2D eigenvalue weighted by atomic mass is 35.5. The van der Waals surface area contributed by atoms with Crippen molar-refractivity contribution in [2.24, 2.45) is 0 Å². The molecule has 0 saturated heterocycles. The van der Waals surface area contributed by atoms with Crippen LogP contribution in [-0.2, 0) is 0 Å². The zero-order chi connectivity index (χ0) is 19.0. The average molecular weight is 437 g/mol. The van der Waals surface area contributed by atoms with Crippen LogP contribution in [0.2, 0.25) is 0 Å². The monoisotopic (exact) mass is 436 g/mol. The van der Waals surface area contributed by atoms with Gasteiger partial charge in [-0.15, -0.1) is 24.8 Å². The standard InChI is InChI=1S/C21H24N4O2.2ClH/c1-4-24(5-2)11-10-22-16-7-8-17-20-19(16)21(26)15-12-14(27-3)6-9-18(15)25(20)13-23-17;;/h6-9,12-13,22H,4-5,10-11H2,1-3H3;2*1H. The number of rotatable bonds is 7. The van der Waals surface area contributed by atoms with Gasteiger partial charge in [-0.25, -0.2) is 4.98 Å². The van der Waals surface area contributed by atoms with Gasteiger partial charge in [0.25, 0.3) is 0 Å². The Balaban J connectivity index is 0.00000150. The SMILES string of the molecule is CCN(CC)CCNc1ccc2ncn3c4ccc(OC)cc4c(=O)c1c23.Cl.Cl. The van der Waals surface area contributed by atoms with Gasteiger partial charge in [-0.3, -0.25) is 9.20 Å². The van der Waals surface area contributed by atoms with Gasteiger partial charge >= 0.3 is 0 Å². The van der Waals surface area contributed by atoms with Crippen LogP contribution in [-0.4, -0.2) is 47.6 Å². The molecule has 0 amide bonds. The van der Waals surface area contributed by atoms with Crippen LogP contribution >= 0.6 is 24.8 Å². The lowest BCUT2D eigenvalue weighted by Gasteiger charge is -2.19. The molecule has 1 N–H and O–H groups in total. The molecule has 8 heteroatoms. The second-order valence-electron chi connectivity index (χ2n) is 6.64. The van der Waals surface area contributed by atoms with Crippen LogP contribution in [0.3, 0.4) is 0 Å². The van der Waals surface area contributed by atoms with Crippen LogP contribution in [0, 0.1) is 0 Å². The highest BCUT2D eigenvalue weighted by Gasteiger charge is 2.17. The van der Waals surface area contributed by atoms with Crippen LogP contribution < -0.4 is 15.5 Å². The quantitative estimate of drug-likeness (QED) is 0.442. The number of ether oxygens (including phenoxy) is 1. The molecule has 4 rings (SSSR count). The van der Waals surface area contributed by atoms with E-state index in [0.29, 0.717) is 16.5 Å². The lowest BCUT2D eigenvalue weighted by Crippen LogP contribution is -2.28. The molecule has 0 aliphatic carbocycles. The number of hydrogen-bond donors (Lipinski definition) is 1.